The Balaban J connectivity index is 1.43. The molecule has 1 unspecified atom stereocenters. The van der Waals surface area contributed by atoms with Crippen LogP contribution in [0.3, 0.4) is 0 Å². The van der Waals surface area contributed by atoms with Crippen molar-refractivity contribution in [2.45, 2.75) is 45.6 Å². The van der Waals surface area contributed by atoms with E-state index in [1.165, 1.54) is 0 Å². The smallest absolute Gasteiger partial charge is 0.274 e. The second-order valence-electron chi connectivity index (χ2n) is 8.14. The summed E-state index contributed by atoms with van der Waals surface area (Å²) in [5.74, 6) is 0.746. The third-order valence-corrected chi connectivity index (χ3v) is 6.84. The Hall–Kier alpha value is -3.06. The number of hydrogen-bond acceptors (Lipinski definition) is 5. The van der Waals surface area contributed by atoms with E-state index in [2.05, 4.69) is 9.97 Å². The second kappa shape index (κ2) is 8.23. The summed E-state index contributed by atoms with van der Waals surface area (Å²) < 4.78 is 1.95. The van der Waals surface area contributed by atoms with Crippen LogP contribution in [0.1, 0.15) is 46.1 Å². The first kappa shape index (κ1) is 19.9. The molecule has 0 saturated carbocycles. The number of imidazole rings is 1. The third kappa shape index (κ3) is 3.97. The van der Waals surface area contributed by atoms with E-state index in [1.807, 2.05) is 71.9 Å². The molecule has 31 heavy (non-hydrogen) atoms. The molecule has 3 aromatic heterocycles. The molecule has 6 nitrogen and oxygen atoms in total. The average molecular weight is 432 g/mol. The quantitative estimate of drug-likeness (QED) is 0.470. The van der Waals surface area contributed by atoms with Gasteiger partial charge in [0.25, 0.3) is 5.91 Å². The number of fused-ring (bicyclic) bond motifs is 1. The predicted molar refractivity (Wildman–Crippen MR) is 122 cm³/mol. The van der Waals surface area contributed by atoms with Crippen molar-refractivity contribution in [1.82, 2.24) is 24.3 Å². The number of likely N-dealkylation sites (tertiary alicyclic amines) is 1. The van der Waals surface area contributed by atoms with E-state index in [-0.39, 0.29) is 11.9 Å². The number of carbonyl (C=O) groups excluding carboxylic acids is 1. The highest BCUT2D eigenvalue weighted by molar-refractivity contribution is 7.15. The van der Waals surface area contributed by atoms with Crippen LogP contribution in [0.25, 0.3) is 16.2 Å². The van der Waals surface area contributed by atoms with Crippen molar-refractivity contribution < 1.29 is 4.79 Å². The fourth-order valence-corrected chi connectivity index (χ4v) is 5.24. The van der Waals surface area contributed by atoms with E-state index in [4.69, 9.17) is 4.98 Å². The van der Waals surface area contributed by atoms with Gasteiger partial charge >= 0.3 is 0 Å². The van der Waals surface area contributed by atoms with Gasteiger partial charge in [-0.05, 0) is 44.7 Å². The molecule has 5 rings (SSSR count). The summed E-state index contributed by atoms with van der Waals surface area (Å²) in [5, 5.41) is 0.914. The molecule has 7 heteroatoms. The van der Waals surface area contributed by atoms with Crippen LogP contribution in [0.4, 0.5) is 0 Å². The number of nitrogens with zero attached hydrogens (tertiary/aromatic N) is 5. The molecule has 4 heterocycles. The largest absolute Gasteiger partial charge is 0.334 e. The molecule has 0 radical (unpaired) electrons. The van der Waals surface area contributed by atoms with Gasteiger partial charge < -0.3 is 4.90 Å². The first-order chi connectivity index (χ1) is 15.1. The van der Waals surface area contributed by atoms with Crippen LogP contribution in [0.15, 0.2) is 48.8 Å². The fourth-order valence-electron chi connectivity index (χ4n) is 4.32. The molecule has 1 aliphatic heterocycles. The number of rotatable bonds is 4. The van der Waals surface area contributed by atoms with E-state index < -0.39 is 0 Å². The zero-order valence-electron chi connectivity index (χ0n) is 17.8. The zero-order valence-corrected chi connectivity index (χ0v) is 18.6. The van der Waals surface area contributed by atoms with Gasteiger partial charge in [-0.15, -0.1) is 11.3 Å². The molecule has 158 valence electrons. The van der Waals surface area contributed by atoms with Gasteiger partial charge in [-0.2, -0.15) is 0 Å². The number of amides is 1. The summed E-state index contributed by atoms with van der Waals surface area (Å²) in [5.41, 5.74) is 3.55. The standard InChI is InChI=1S/C24H25N5OS/c1-16-11-13-28-15-19(27-24(28)25-16)14-20-10-6-7-12-29(20)23(30)21-22(31-17(2)26-21)18-8-4-3-5-9-18/h3-5,8-9,11,13,15,20H,6-7,10,12,14H2,1-2H3. The summed E-state index contributed by atoms with van der Waals surface area (Å²) in [6.07, 6.45) is 7.89. The Morgan fingerprint density at radius 1 is 1.10 bits per heavy atom. The van der Waals surface area contributed by atoms with Gasteiger partial charge in [0.05, 0.1) is 15.6 Å². The molecule has 0 bridgehead atoms. The summed E-state index contributed by atoms with van der Waals surface area (Å²) >= 11 is 1.59. The number of aryl methyl sites for hydroxylation is 2. The Labute approximate surface area is 185 Å². The van der Waals surface area contributed by atoms with E-state index in [0.717, 1.165) is 59.1 Å². The van der Waals surface area contributed by atoms with Crippen LogP contribution in [0.2, 0.25) is 0 Å². The van der Waals surface area contributed by atoms with Crippen LogP contribution < -0.4 is 0 Å². The maximum Gasteiger partial charge on any atom is 0.274 e. The van der Waals surface area contributed by atoms with Crippen molar-refractivity contribution in [3.8, 4) is 10.4 Å². The Morgan fingerprint density at radius 2 is 1.94 bits per heavy atom. The minimum absolute atomic E-state index is 0.0330. The summed E-state index contributed by atoms with van der Waals surface area (Å²) in [6.45, 7) is 4.70. The van der Waals surface area contributed by atoms with Crippen molar-refractivity contribution in [1.29, 1.82) is 0 Å². The summed E-state index contributed by atoms with van der Waals surface area (Å²) in [6, 6.07) is 12.2. The van der Waals surface area contributed by atoms with Crippen LogP contribution in [0, 0.1) is 13.8 Å². The van der Waals surface area contributed by atoms with Crippen molar-refractivity contribution in [3.05, 3.63) is 70.9 Å². The van der Waals surface area contributed by atoms with Gasteiger partial charge in [-0.3, -0.25) is 9.20 Å². The monoisotopic (exact) mass is 431 g/mol. The van der Waals surface area contributed by atoms with Gasteiger partial charge in [-0.25, -0.2) is 15.0 Å². The molecule has 0 aliphatic carbocycles. The van der Waals surface area contributed by atoms with E-state index in [9.17, 15) is 4.79 Å². The number of thiazole rings is 1. The highest BCUT2D eigenvalue weighted by Crippen LogP contribution is 2.32. The Kier molecular flexibility index (Phi) is 5.28. The van der Waals surface area contributed by atoms with Gasteiger partial charge in [0, 0.05) is 37.1 Å². The van der Waals surface area contributed by atoms with Crippen molar-refractivity contribution in [3.63, 3.8) is 0 Å². The highest BCUT2D eigenvalue weighted by Gasteiger charge is 2.31. The Bertz CT molecular complexity index is 1230. The van der Waals surface area contributed by atoms with Crippen molar-refractivity contribution in [2.24, 2.45) is 0 Å². The second-order valence-corrected chi connectivity index (χ2v) is 9.34. The van der Waals surface area contributed by atoms with Crippen LogP contribution >= 0.6 is 11.3 Å². The van der Waals surface area contributed by atoms with Crippen LogP contribution in [-0.4, -0.2) is 42.7 Å². The number of aromatic nitrogens is 4. The van der Waals surface area contributed by atoms with E-state index in [1.54, 1.807) is 11.3 Å². The normalized spacial score (nSPS) is 16.7. The van der Waals surface area contributed by atoms with E-state index in [0.29, 0.717) is 11.5 Å². The van der Waals surface area contributed by atoms with Gasteiger partial charge in [-0.1, -0.05) is 30.3 Å². The fraction of sp³-hybridized carbons (Fsp3) is 0.333. The first-order valence-electron chi connectivity index (χ1n) is 10.7. The summed E-state index contributed by atoms with van der Waals surface area (Å²) in [4.78, 5) is 30.5. The van der Waals surface area contributed by atoms with Gasteiger partial charge in [0.2, 0.25) is 5.78 Å². The zero-order chi connectivity index (χ0) is 21.4. The lowest BCUT2D eigenvalue weighted by atomic mass is 9.97. The lowest BCUT2D eigenvalue weighted by Crippen LogP contribution is -2.45. The predicted octanol–water partition coefficient (Wildman–Crippen LogP) is 4.71. The van der Waals surface area contributed by atoms with Crippen LogP contribution in [0.5, 0.6) is 0 Å². The minimum atomic E-state index is 0.0330. The SMILES string of the molecule is Cc1ccn2cc(CC3CCCCN3C(=O)c3nc(C)sc3-c3ccccc3)nc2n1. The maximum absolute atomic E-state index is 13.7. The molecule has 1 amide bonds. The summed E-state index contributed by atoms with van der Waals surface area (Å²) in [7, 11) is 0. The first-order valence-corrected chi connectivity index (χ1v) is 11.5. The minimum Gasteiger partial charge on any atom is -0.334 e. The van der Waals surface area contributed by atoms with Gasteiger partial charge in [0.15, 0.2) is 0 Å². The molecule has 0 spiro atoms. The van der Waals surface area contributed by atoms with Gasteiger partial charge in [0.1, 0.15) is 5.69 Å². The molecular weight excluding hydrogens is 406 g/mol. The molecule has 1 saturated heterocycles. The van der Waals surface area contributed by atoms with Crippen LogP contribution in [-0.2, 0) is 6.42 Å². The third-order valence-electron chi connectivity index (χ3n) is 5.82. The Morgan fingerprint density at radius 3 is 2.77 bits per heavy atom. The average Bonchev–Trinajstić information content (AvgIpc) is 3.36. The van der Waals surface area contributed by atoms with E-state index >= 15 is 0 Å². The maximum atomic E-state index is 13.7. The molecule has 1 atom stereocenters. The topological polar surface area (TPSA) is 63.4 Å². The highest BCUT2D eigenvalue weighted by atomic mass is 32.1. The lowest BCUT2D eigenvalue weighted by Gasteiger charge is -2.35. The molecular formula is C24H25N5OS. The molecule has 0 N–H and O–H groups in total. The molecule has 1 fully saturated rings. The number of benzene rings is 1. The number of hydrogen-bond donors (Lipinski definition) is 0. The lowest BCUT2D eigenvalue weighted by molar-refractivity contribution is 0.0608. The van der Waals surface area contributed by atoms with Crippen molar-refractivity contribution >= 4 is 23.0 Å². The van der Waals surface area contributed by atoms with Crippen molar-refractivity contribution in [2.75, 3.05) is 6.54 Å². The number of carbonyl (C=O) groups is 1. The molecule has 1 aliphatic rings. The molecule has 4 aromatic rings. The number of piperidine rings is 1. The molecule has 1 aromatic carbocycles.